The van der Waals surface area contributed by atoms with E-state index in [2.05, 4.69) is 24.5 Å². The van der Waals surface area contributed by atoms with E-state index >= 15 is 0 Å². The van der Waals surface area contributed by atoms with Gasteiger partial charge in [0.25, 0.3) is 0 Å². The number of ether oxygens (including phenoxy) is 6. The summed E-state index contributed by atoms with van der Waals surface area (Å²) in [5.41, 5.74) is -1.55. The zero-order valence-corrected chi connectivity index (χ0v) is 34.6. The van der Waals surface area contributed by atoms with Crippen molar-refractivity contribution in [2.45, 2.75) is 173 Å². The highest BCUT2D eigenvalue weighted by atomic mass is 17.3. The van der Waals surface area contributed by atoms with Crippen LogP contribution in [0.2, 0.25) is 0 Å². The molecule has 58 heavy (non-hydrogen) atoms. The largest absolute Gasteiger partial charge is 0.435 e. The number of aliphatic hydroxyl groups excluding tert-OH is 1. The van der Waals surface area contributed by atoms with Crippen LogP contribution in [-0.2, 0) is 67.1 Å². The second kappa shape index (κ2) is 16.1. The molecular weight excluding hydrogens is 760 g/mol. The van der Waals surface area contributed by atoms with Gasteiger partial charge in [-0.3, -0.25) is 19.2 Å². The van der Waals surface area contributed by atoms with Crippen molar-refractivity contribution < 1.29 is 72.3 Å². The number of nitrogens with one attached hydrogen (secondary N) is 2. The molecule has 0 aromatic carbocycles. The van der Waals surface area contributed by atoms with Gasteiger partial charge in [-0.15, -0.1) is 0 Å². The van der Waals surface area contributed by atoms with Crippen molar-refractivity contribution in [3.8, 4) is 0 Å². The number of rotatable bonds is 12. The summed E-state index contributed by atoms with van der Waals surface area (Å²) in [6.07, 6.45) is 1.79. The quantitative estimate of drug-likeness (QED) is 0.190. The Bertz CT molecular complexity index is 1470. The van der Waals surface area contributed by atoms with E-state index in [9.17, 15) is 24.3 Å². The van der Waals surface area contributed by atoms with E-state index in [0.29, 0.717) is 24.7 Å². The topological polar surface area (TPSA) is 205 Å². The number of carbonyl (C=O) groups excluding carboxylic acids is 4. The summed E-state index contributed by atoms with van der Waals surface area (Å²) in [5, 5.41) is 15.6. The van der Waals surface area contributed by atoms with Crippen LogP contribution in [0.4, 0.5) is 0 Å². The zero-order valence-electron chi connectivity index (χ0n) is 34.6. The summed E-state index contributed by atoms with van der Waals surface area (Å²) in [6, 6.07) is 0. The second-order valence-corrected chi connectivity index (χ2v) is 18.8. The van der Waals surface area contributed by atoms with Gasteiger partial charge in [-0.1, -0.05) is 27.7 Å². The molecule has 0 radical (unpaired) electrons. The monoisotopic (exact) mass is 822 g/mol. The maximum Gasteiger partial charge on any atom is 0.308 e. The molecular formula is C41H62N2O15. The summed E-state index contributed by atoms with van der Waals surface area (Å²) >= 11 is 0. The van der Waals surface area contributed by atoms with Crippen LogP contribution >= 0.6 is 0 Å². The van der Waals surface area contributed by atoms with Gasteiger partial charge in [0.1, 0.15) is 0 Å². The highest BCUT2D eigenvalue weighted by molar-refractivity contribution is 5.82. The van der Waals surface area contributed by atoms with Crippen molar-refractivity contribution in [1.29, 1.82) is 0 Å². The van der Waals surface area contributed by atoms with Crippen molar-refractivity contribution in [2.75, 3.05) is 13.1 Å². The Kier molecular flexibility index (Phi) is 11.7. The average molecular weight is 823 g/mol. The number of fused-ring (bicyclic) bond motifs is 4. The molecule has 2 spiro atoms. The predicted octanol–water partition coefficient (Wildman–Crippen LogP) is 3.64. The zero-order chi connectivity index (χ0) is 41.2. The molecule has 17 heteroatoms. The number of carbonyl (C=O) groups is 4. The average Bonchev–Trinajstić information content (AvgIpc) is 3.56. The van der Waals surface area contributed by atoms with E-state index in [1.165, 1.54) is 0 Å². The predicted molar refractivity (Wildman–Crippen MR) is 196 cm³/mol. The molecule has 10 aliphatic rings. The smallest absolute Gasteiger partial charge is 0.308 e. The lowest BCUT2D eigenvalue weighted by molar-refractivity contribution is -0.576. The van der Waals surface area contributed by atoms with Gasteiger partial charge < -0.3 is 44.2 Å². The maximum absolute atomic E-state index is 12.9. The minimum Gasteiger partial charge on any atom is -0.435 e. The minimum atomic E-state index is -1.10. The molecule has 10 rings (SSSR count). The third kappa shape index (κ3) is 7.58. The molecule has 0 unspecified atom stereocenters. The van der Waals surface area contributed by atoms with Gasteiger partial charge in [-0.05, 0) is 76.0 Å². The molecule has 2 amide bonds. The van der Waals surface area contributed by atoms with E-state index in [0.717, 1.165) is 38.5 Å². The fraction of sp³-hybridized carbons (Fsp3) is 0.902. The van der Waals surface area contributed by atoms with Crippen LogP contribution in [0.1, 0.15) is 119 Å². The molecule has 8 heterocycles. The van der Waals surface area contributed by atoms with Gasteiger partial charge in [0.15, 0.2) is 23.8 Å². The first-order chi connectivity index (χ1) is 27.6. The Morgan fingerprint density at radius 1 is 0.603 bits per heavy atom. The van der Waals surface area contributed by atoms with Gasteiger partial charge in [0, 0.05) is 62.4 Å². The molecule has 2 saturated carbocycles. The van der Waals surface area contributed by atoms with E-state index in [-0.39, 0.29) is 74.3 Å². The first-order valence-electron chi connectivity index (χ1n) is 21.6. The molecule has 326 valence electrons. The molecule has 8 aliphatic heterocycles. The third-order valence-corrected chi connectivity index (χ3v) is 14.9. The normalized spacial score (nSPS) is 46.7. The van der Waals surface area contributed by atoms with Crippen molar-refractivity contribution in [1.82, 2.24) is 10.6 Å². The van der Waals surface area contributed by atoms with Crippen LogP contribution in [0.5, 0.6) is 0 Å². The van der Waals surface area contributed by atoms with Crippen molar-refractivity contribution >= 4 is 23.8 Å². The van der Waals surface area contributed by atoms with Crippen LogP contribution in [0.25, 0.3) is 0 Å². The van der Waals surface area contributed by atoms with Gasteiger partial charge in [-0.25, -0.2) is 19.6 Å². The molecule has 0 aromatic heterocycles. The van der Waals surface area contributed by atoms with E-state index in [1.807, 2.05) is 27.7 Å². The van der Waals surface area contributed by atoms with Gasteiger partial charge in [-0.2, -0.15) is 0 Å². The van der Waals surface area contributed by atoms with E-state index < -0.39 is 77.8 Å². The van der Waals surface area contributed by atoms with Crippen molar-refractivity contribution in [2.24, 2.45) is 47.3 Å². The number of hydrogen-bond donors (Lipinski definition) is 3. The van der Waals surface area contributed by atoms with Gasteiger partial charge in [0.2, 0.25) is 36.0 Å². The van der Waals surface area contributed by atoms with Crippen LogP contribution in [-0.4, -0.2) is 96.0 Å². The van der Waals surface area contributed by atoms with Crippen LogP contribution < -0.4 is 10.6 Å². The fourth-order valence-electron chi connectivity index (χ4n) is 11.5. The molecule has 4 bridgehead atoms. The minimum absolute atomic E-state index is 0.00792. The van der Waals surface area contributed by atoms with E-state index in [4.69, 9.17) is 48.0 Å². The summed E-state index contributed by atoms with van der Waals surface area (Å²) < 4.78 is 36.7. The summed E-state index contributed by atoms with van der Waals surface area (Å²) in [7, 11) is 0. The molecule has 10 fully saturated rings. The Balaban J connectivity index is 0.730. The lowest BCUT2D eigenvalue weighted by Gasteiger charge is -2.59. The standard InChI is InChI=1S/C41H62N2O15/c1-21-7-9-28-23(3)34(51-36-40(28)26(21)15-17-38(5,53-36)55-57-40)49-32(47)13-11-30(45)42-19-25(44)20-43-31(46)12-14-33(48)50-35-24(4)29-10-8-22(2)27-16-18-39(6)54-37(52-35)41(27,29)58-56-39/h21-29,34-37,44H,7-20H2,1-6H3,(H,42,45)(H,43,46)/t21-,22-,23-,24-,26+,27+,28+,29+,34-,35-,36-,37-,38-,39-,40-,41-/m1/s1. The first kappa shape index (κ1) is 42.2. The maximum atomic E-state index is 12.9. The van der Waals surface area contributed by atoms with Gasteiger partial charge in [0.05, 0.1) is 18.9 Å². The molecule has 16 atom stereocenters. The number of esters is 2. The van der Waals surface area contributed by atoms with Crippen LogP contribution in [0, 0.1) is 47.3 Å². The summed E-state index contributed by atoms with van der Waals surface area (Å²) in [5.74, 6) is -3.24. The second-order valence-electron chi connectivity index (χ2n) is 18.8. The van der Waals surface area contributed by atoms with Crippen molar-refractivity contribution in [3.63, 3.8) is 0 Å². The van der Waals surface area contributed by atoms with E-state index in [1.54, 1.807) is 0 Å². The van der Waals surface area contributed by atoms with Gasteiger partial charge >= 0.3 is 11.9 Å². The van der Waals surface area contributed by atoms with Crippen LogP contribution in [0.15, 0.2) is 0 Å². The Morgan fingerprint density at radius 2 is 1.02 bits per heavy atom. The SMILES string of the molecule is C[C@H]1[C@H](OC(=O)CCC(=O)NCC(O)CNC(=O)CCC(=O)O[C@@H]2O[C@@H]3O[C@@]4(C)CC[C@H]5[C@H](C)CC[C@@H]([C@H]2C)[C@@]35OO4)O[C@@H]2O[C@@]3(C)CC[C@H]4[C@H](C)CC[C@@H]1[C@@]24OO3. The van der Waals surface area contributed by atoms with Crippen molar-refractivity contribution in [3.05, 3.63) is 0 Å². The summed E-state index contributed by atoms with van der Waals surface area (Å²) in [4.78, 5) is 74.9. The number of hydrogen-bond acceptors (Lipinski definition) is 15. The molecule has 3 N–H and O–H groups in total. The molecule has 2 aliphatic carbocycles. The Hall–Kier alpha value is -2.48. The lowest BCUT2D eigenvalue weighted by Crippen LogP contribution is -2.70. The summed E-state index contributed by atoms with van der Waals surface area (Å²) in [6.45, 7) is 11.8. The number of aliphatic hydroxyl groups is 1. The van der Waals surface area contributed by atoms with Crippen LogP contribution in [0.3, 0.4) is 0 Å². The third-order valence-electron chi connectivity index (χ3n) is 14.9. The molecule has 8 saturated heterocycles. The number of amides is 2. The lowest BCUT2D eigenvalue weighted by atomic mass is 9.58. The molecule has 17 nitrogen and oxygen atoms in total. The highest BCUT2D eigenvalue weighted by Gasteiger charge is 2.71. The Morgan fingerprint density at radius 3 is 1.43 bits per heavy atom. The first-order valence-corrected chi connectivity index (χ1v) is 21.6. The fourth-order valence-corrected chi connectivity index (χ4v) is 11.5. The molecule has 0 aromatic rings. The highest BCUT2D eigenvalue weighted by Crippen LogP contribution is 2.62. The Labute approximate surface area is 339 Å².